The third kappa shape index (κ3) is 4.57. The lowest BCUT2D eigenvalue weighted by Gasteiger charge is -2.03. The maximum atomic E-state index is 11.1. The van der Waals surface area contributed by atoms with Gasteiger partial charge in [-0.1, -0.05) is 0 Å². The van der Waals surface area contributed by atoms with Crippen LogP contribution in [0.4, 0.5) is 0 Å². The van der Waals surface area contributed by atoms with Gasteiger partial charge < -0.3 is 9.47 Å². The first-order valence-corrected chi connectivity index (χ1v) is 6.17. The summed E-state index contributed by atoms with van der Waals surface area (Å²) in [5.74, 6) is 1.45. The van der Waals surface area contributed by atoms with Gasteiger partial charge in [-0.15, -0.1) is 11.8 Å². The van der Waals surface area contributed by atoms with Gasteiger partial charge in [0.1, 0.15) is 5.75 Å². The van der Waals surface area contributed by atoms with Crippen LogP contribution in [0.15, 0.2) is 29.2 Å². The molecule has 4 heteroatoms. The minimum absolute atomic E-state index is 0.136. The normalized spacial score (nSPS) is 9.88. The van der Waals surface area contributed by atoms with Crippen LogP contribution < -0.4 is 4.74 Å². The van der Waals surface area contributed by atoms with E-state index in [0.717, 1.165) is 16.4 Å². The Morgan fingerprint density at radius 2 is 2.00 bits per heavy atom. The minimum Gasteiger partial charge on any atom is -0.497 e. The maximum absolute atomic E-state index is 11.1. The average Bonchev–Trinajstić information content (AvgIpc) is 2.30. The summed E-state index contributed by atoms with van der Waals surface area (Å²) in [6, 6.07) is 7.78. The molecule has 0 fully saturated rings. The van der Waals surface area contributed by atoms with Crippen LogP contribution in [0.25, 0.3) is 0 Å². The average molecular weight is 240 g/mol. The van der Waals surface area contributed by atoms with Crippen molar-refractivity contribution in [3.8, 4) is 5.75 Å². The van der Waals surface area contributed by atoms with Crippen LogP contribution in [0.5, 0.6) is 5.75 Å². The molecule has 3 nitrogen and oxygen atoms in total. The van der Waals surface area contributed by atoms with Gasteiger partial charge in [0.05, 0.1) is 20.1 Å². The number of methoxy groups -OCH3 is 1. The highest BCUT2D eigenvalue weighted by molar-refractivity contribution is 7.99. The predicted molar refractivity (Wildman–Crippen MR) is 65.0 cm³/mol. The van der Waals surface area contributed by atoms with Crippen LogP contribution in [-0.4, -0.2) is 25.4 Å². The number of carbonyl (C=O) groups excluding carboxylic acids is 1. The molecule has 0 saturated heterocycles. The molecule has 0 unspecified atom stereocenters. The van der Waals surface area contributed by atoms with E-state index in [9.17, 15) is 4.79 Å². The highest BCUT2D eigenvalue weighted by Crippen LogP contribution is 2.21. The van der Waals surface area contributed by atoms with E-state index in [1.54, 1.807) is 18.9 Å². The Morgan fingerprint density at radius 1 is 1.31 bits per heavy atom. The summed E-state index contributed by atoms with van der Waals surface area (Å²) >= 11 is 1.64. The molecular formula is C12H16O3S. The van der Waals surface area contributed by atoms with E-state index < -0.39 is 0 Å². The summed E-state index contributed by atoms with van der Waals surface area (Å²) in [4.78, 5) is 12.2. The monoisotopic (exact) mass is 240 g/mol. The molecule has 0 aromatic heterocycles. The second-order valence-corrected chi connectivity index (χ2v) is 4.25. The number of hydrogen-bond acceptors (Lipinski definition) is 4. The zero-order valence-electron chi connectivity index (χ0n) is 9.56. The van der Waals surface area contributed by atoms with E-state index in [0.29, 0.717) is 13.0 Å². The lowest BCUT2D eigenvalue weighted by molar-refractivity contribution is -0.142. The summed E-state index contributed by atoms with van der Waals surface area (Å²) in [6.07, 6.45) is 0.449. The summed E-state index contributed by atoms with van der Waals surface area (Å²) in [5.41, 5.74) is 0. The second kappa shape index (κ2) is 7.17. The van der Waals surface area contributed by atoms with Crippen molar-refractivity contribution in [2.45, 2.75) is 18.2 Å². The quantitative estimate of drug-likeness (QED) is 0.566. The minimum atomic E-state index is -0.136. The zero-order valence-corrected chi connectivity index (χ0v) is 10.4. The SMILES string of the molecule is CCOC(=O)CCSc1ccc(OC)cc1. The van der Waals surface area contributed by atoms with Crippen molar-refractivity contribution in [3.05, 3.63) is 24.3 Å². The predicted octanol–water partition coefficient (Wildman–Crippen LogP) is 2.74. The third-order valence-corrected chi connectivity index (χ3v) is 2.95. The Balaban J connectivity index is 2.29. The smallest absolute Gasteiger partial charge is 0.306 e. The van der Waals surface area contributed by atoms with Crippen molar-refractivity contribution in [2.75, 3.05) is 19.5 Å². The lowest BCUT2D eigenvalue weighted by Crippen LogP contribution is -2.04. The number of carbonyl (C=O) groups is 1. The molecule has 0 heterocycles. The molecule has 0 N–H and O–H groups in total. The van der Waals surface area contributed by atoms with Crippen molar-refractivity contribution in [1.82, 2.24) is 0 Å². The van der Waals surface area contributed by atoms with Crippen molar-refractivity contribution >= 4 is 17.7 Å². The zero-order chi connectivity index (χ0) is 11.8. The number of rotatable bonds is 6. The Labute approximate surface area is 100 Å². The van der Waals surface area contributed by atoms with Gasteiger partial charge in [0, 0.05) is 10.6 Å². The number of thioether (sulfide) groups is 1. The first-order valence-electron chi connectivity index (χ1n) is 5.18. The highest BCUT2D eigenvalue weighted by Gasteiger charge is 2.02. The Hall–Kier alpha value is -1.16. The molecular weight excluding hydrogens is 224 g/mol. The summed E-state index contributed by atoms with van der Waals surface area (Å²) in [7, 11) is 1.64. The number of hydrogen-bond donors (Lipinski definition) is 0. The molecule has 1 aromatic rings. The van der Waals surface area contributed by atoms with Crippen molar-refractivity contribution in [1.29, 1.82) is 0 Å². The molecule has 0 amide bonds. The van der Waals surface area contributed by atoms with Crippen molar-refractivity contribution in [3.63, 3.8) is 0 Å². The Kier molecular flexibility index (Phi) is 5.78. The first kappa shape index (κ1) is 12.9. The highest BCUT2D eigenvalue weighted by atomic mass is 32.2. The van der Waals surface area contributed by atoms with Gasteiger partial charge in [-0.2, -0.15) is 0 Å². The van der Waals surface area contributed by atoms with Crippen LogP contribution in [-0.2, 0) is 9.53 Å². The molecule has 0 aliphatic carbocycles. The molecule has 0 bridgehead atoms. The van der Waals surface area contributed by atoms with Crippen molar-refractivity contribution < 1.29 is 14.3 Å². The van der Waals surface area contributed by atoms with Gasteiger partial charge in [-0.3, -0.25) is 4.79 Å². The molecule has 88 valence electrons. The van der Waals surface area contributed by atoms with Gasteiger partial charge >= 0.3 is 5.97 Å². The van der Waals surface area contributed by atoms with Crippen LogP contribution >= 0.6 is 11.8 Å². The van der Waals surface area contributed by atoms with Crippen molar-refractivity contribution in [2.24, 2.45) is 0 Å². The molecule has 0 aliphatic rings. The van der Waals surface area contributed by atoms with E-state index in [2.05, 4.69) is 0 Å². The number of ether oxygens (including phenoxy) is 2. The lowest BCUT2D eigenvalue weighted by atomic mass is 10.3. The van der Waals surface area contributed by atoms with Crippen LogP contribution in [0.1, 0.15) is 13.3 Å². The fourth-order valence-electron chi connectivity index (χ4n) is 1.16. The number of esters is 1. The first-order chi connectivity index (χ1) is 7.76. The standard InChI is InChI=1S/C12H16O3S/c1-3-15-12(13)8-9-16-11-6-4-10(14-2)5-7-11/h4-7H,3,8-9H2,1-2H3. The van der Waals surface area contributed by atoms with E-state index in [1.807, 2.05) is 31.2 Å². The summed E-state index contributed by atoms with van der Waals surface area (Å²) in [6.45, 7) is 2.26. The van der Waals surface area contributed by atoms with E-state index in [-0.39, 0.29) is 5.97 Å². The Bertz CT molecular complexity index is 322. The topological polar surface area (TPSA) is 35.5 Å². The second-order valence-electron chi connectivity index (χ2n) is 3.08. The largest absolute Gasteiger partial charge is 0.497 e. The molecule has 0 atom stereocenters. The van der Waals surface area contributed by atoms with Gasteiger partial charge in [0.15, 0.2) is 0 Å². The van der Waals surface area contributed by atoms with E-state index in [4.69, 9.17) is 9.47 Å². The molecule has 0 aliphatic heterocycles. The van der Waals surface area contributed by atoms with Crippen LogP contribution in [0, 0.1) is 0 Å². The third-order valence-electron chi connectivity index (χ3n) is 1.94. The summed E-state index contributed by atoms with van der Waals surface area (Å²) < 4.78 is 9.90. The van der Waals surface area contributed by atoms with Gasteiger partial charge in [0.25, 0.3) is 0 Å². The fourth-order valence-corrected chi connectivity index (χ4v) is 1.99. The van der Waals surface area contributed by atoms with Gasteiger partial charge in [-0.05, 0) is 31.2 Å². The maximum Gasteiger partial charge on any atom is 0.306 e. The fraction of sp³-hybridized carbons (Fsp3) is 0.417. The van der Waals surface area contributed by atoms with Crippen LogP contribution in [0.2, 0.25) is 0 Å². The molecule has 0 spiro atoms. The van der Waals surface area contributed by atoms with E-state index in [1.165, 1.54) is 0 Å². The number of benzene rings is 1. The molecule has 16 heavy (non-hydrogen) atoms. The van der Waals surface area contributed by atoms with Crippen LogP contribution in [0.3, 0.4) is 0 Å². The molecule has 0 radical (unpaired) electrons. The Morgan fingerprint density at radius 3 is 2.56 bits per heavy atom. The molecule has 1 rings (SSSR count). The van der Waals surface area contributed by atoms with Gasteiger partial charge in [-0.25, -0.2) is 0 Å². The molecule has 1 aromatic carbocycles. The van der Waals surface area contributed by atoms with Gasteiger partial charge in [0.2, 0.25) is 0 Å². The molecule has 0 saturated carbocycles. The van der Waals surface area contributed by atoms with E-state index >= 15 is 0 Å². The summed E-state index contributed by atoms with van der Waals surface area (Å²) in [5, 5.41) is 0.